The Hall–Kier alpha value is -1.85. The first kappa shape index (κ1) is 22.4. The van der Waals surface area contributed by atoms with Crippen LogP contribution in [0, 0.1) is 6.92 Å². The van der Waals surface area contributed by atoms with E-state index in [1.807, 2.05) is 19.1 Å². The van der Waals surface area contributed by atoms with Crippen molar-refractivity contribution in [3.05, 3.63) is 64.7 Å². The Kier molecular flexibility index (Phi) is 8.52. The highest BCUT2D eigenvalue weighted by molar-refractivity contribution is 7.54. The van der Waals surface area contributed by atoms with Crippen LogP contribution in [0.15, 0.2) is 48.5 Å². The molecule has 0 aliphatic heterocycles. The third kappa shape index (κ3) is 6.08. The first-order valence-electron chi connectivity index (χ1n) is 8.74. The molecule has 1 unspecified atom stereocenters. The van der Waals surface area contributed by atoms with Crippen LogP contribution in [0.5, 0.6) is 5.75 Å². The molecule has 2 aromatic carbocycles. The largest absolute Gasteiger partial charge is 0.493 e. The zero-order valence-corrected chi connectivity index (χ0v) is 17.7. The molecule has 0 bridgehead atoms. The number of ether oxygens (including phenoxy) is 2. The van der Waals surface area contributed by atoms with Crippen molar-refractivity contribution in [3.63, 3.8) is 0 Å². The van der Waals surface area contributed by atoms with Crippen molar-refractivity contribution >= 4 is 25.2 Å². The molecule has 1 atom stereocenters. The highest BCUT2D eigenvalue weighted by Crippen LogP contribution is 2.60. The van der Waals surface area contributed by atoms with Crippen LogP contribution in [0.25, 0.3) is 0 Å². The van der Waals surface area contributed by atoms with Gasteiger partial charge in [0, 0.05) is 31.2 Å². The Morgan fingerprint density at radius 2 is 1.79 bits per heavy atom. The van der Waals surface area contributed by atoms with Crippen LogP contribution in [0.3, 0.4) is 0 Å². The number of halogens is 1. The molecule has 0 fully saturated rings. The topological polar surface area (TPSA) is 71.1 Å². The van der Waals surface area contributed by atoms with Crippen LogP contribution in [0.4, 0.5) is 0 Å². The molecule has 0 spiro atoms. The molecule has 0 aromatic heterocycles. The molecule has 0 heterocycles. The Morgan fingerprint density at radius 1 is 1.11 bits per heavy atom. The van der Waals surface area contributed by atoms with Gasteiger partial charge in [0.15, 0.2) is 0 Å². The van der Waals surface area contributed by atoms with E-state index in [2.05, 4.69) is 0 Å². The van der Waals surface area contributed by atoms with Gasteiger partial charge in [-0.15, -0.1) is 0 Å². The number of carbonyl (C=O) groups excluding carboxylic acids is 1. The lowest BCUT2D eigenvalue weighted by Crippen LogP contribution is -2.14. The van der Waals surface area contributed by atoms with E-state index in [1.54, 1.807) is 36.4 Å². The Balaban J connectivity index is 1.93. The summed E-state index contributed by atoms with van der Waals surface area (Å²) >= 11 is 5.92. The number of carbonyl (C=O) groups is 1. The second-order valence-corrected chi connectivity index (χ2v) is 8.74. The van der Waals surface area contributed by atoms with Gasteiger partial charge in [0.1, 0.15) is 5.75 Å². The molecule has 6 nitrogen and oxygen atoms in total. The van der Waals surface area contributed by atoms with Crippen molar-refractivity contribution in [3.8, 4) is 5.75 Å². The molecule has 2 rings (SSSR count). The molecule has 0 saturated heterocycles. The molecular formula is C20H24ClO6P. The van der Waals surface area contributed by atoms with Crippen LogP contribution >= 0.6 is 19.2 Å². The fraction of sp³-hybridized carbons (Fsp3) is 0.350. The first-order valence-corrected chi connectivity index (χ1v) is 10.7. The van der Waals surface area contributed by atoms with Gasteiger partial charge in [0.05, 0.1) is 6.61 Å². The molecule has 0 amide bonds. The van der Waals surface area contributed by atoms with Gasteiger partial charge in [0.25, 0.3) is 0 Å². The van der Waals surface area contributed by atoms with Crippen LogP contribution in [-0.2, 0) is 23.1 Å². The summed E-state index contributed by atoms with van der Waals surface area (Å²) in [5.41, 5.74) is 1.45. The van der Waals surface area contributed by atoms with Crippen LogP contribution in [-0.4, -0.2) is 26.8 Å². The van der Waals surface area contributed by atoms with Gasteiger partial charge in [0.2, 0.25) is 5.85 Å². The highest BCUT2D eigenvalue weighted by atomic mass is 35.5. The lowest BCUT2D eigenvalue weighted by molar-refractivity contribution is -0.146. The molecule has 0 aliphatic rings. The van der Waals surface area contributed by atoms with Crippen molar-refractivity contribution in [1.82, 2.24) is 0 Å². The minimum absolute atomic E-state index is 0.101. The van der Waals surface area contributed by atoms with Gasteiger partial charge in [-0.1, -0.05) is 41.9 Å². The van der Waals surface area contributed by atoms with E-state index in [-0.39, 0.29) is 6.42 Å². The quantitative estimate of drug-likeness (QED) is 0.282. The summed E-state index contributed by atoms with van der Waals surface area (Å²) in [5.74, 6) is -0.932. The molecule has 0 aliphatic carbocycles. The monoisotopic (exact) mass is 426 g/mol. The molecule has 0 saturated carbocycles. The maximum Gasteiger partial charge on any atom is 0.375 e. The summed E-state index contributed by atoms with van der Waals surface area (Å²) in [6.45, 7) is 2.23. The lowest BCUT2D eigenvalue weighted by Gasteiger charge is -2.24. The third-order valence-electron chi connectivity index (χ3n) is 4.04. The minimum atomic E-state index is -3.65. The van der Waals surface area contributed by atoms with E-state index in [4.69, 9.17) is 30.1 Å². The Bertz CT molecular complexity index is 819. The zero-order chi connectivity index (χ0) is 20.6. The van der Waals surface area contributed by atoms with Crippen molar-refractivity contribution in [2.75, 3.05) is 20.8 Å². The number of hydrogen-bond donors (Lipinski definition) is 0. The Labute approximate surface area is 170 Å². The average Bonchev–Trinajstić information content (AvgIpc) is 2.70. The van der Waals surface area contributed by atoms with E-state index in [0.29, 0.717) is 29.4 Å². The number of esters is 1. The SMILES string of the molecule is COP(=O)(OC)C(OC(=O)CCCOc1ccc(Cl)cc1C)c1ccccc1. The molecule has 0 radical (unpaired) electrons. The maximum absolute atomic E-state index is 12.8. The summed E-state index contributed by atoms with van der Waals surface area (Å²) in [4.78, 5) is 12.3. The minimum Gasteiger partial charge on any atom is -0.493 e. The second-order valence-electron chi connectivity index (χ2n) is 6.02. The van der Waals surface area contributed by atoms with Crippen molar-refractivity contribution in [2.24, 2.45) is 0 Å². The van der Waals surface area contributed by atoms with Gasteiger partial charge >= 0.3 is 13.6 Å². The van der Waals surface area contributed by atoms with Gasteiger partial charge in [-0.05, 0) is 37.1 Å². The van der Waals surface area contributed by atoms with Gasteiger partial charge in [-0.25, -0.2) is 0 Å². The van der Waals surface area contributed by atoms with Crippen molar-refractivity contribution in [2.45, 2.75) is 25.6 Å². The maximum atomic E-state index is 12.8. The van der Waals surface area contributed by atoms with E-state index in [0.717, 1.165) is 5.56 Å². The summed E-state index contributed by atoms with van der Waals surface area (Å²) in [5, 5.41) is 0.640. The molecule has 2 aromatic rings. The highest BCUT2D eigenvalue weighted by Gasteiger charge is 2.38. The molecule has 152 valence electrons. The van der Waals surface area contributed by atoms with Crippen molar-refractivity contribution < 1.29 is 27.9 Å². The standard InChI is InChI=1S/C20H24ClO6P/c1-15-14-17(21)11-12-18(15)26-13-7-10-19(22)27-20(28(23,24-2)25-3)16-8-5-4-6-9-16/h4-6,8-9,11-12,14,20H,7,10,13H2,1-3H3. The fourth-order valence-electron chi connectivity index (χ4n) is 2.56. The second kappa shape index (κ2) is 10.6. The van der Waals surface area contributed by atoms with Gasteiger partial charge in [-0.2, -0.15) is 0 Å². The predicted octanol–water partition coefficient (Wildman–Crippen LogP) is 5.54. The molecule has 28 heavy (non-hydrogen) atoms. The van der Waals surface area contributed by atoms with Gasteiger partial charge < -0.3 is 18.5 Å². The first-order chi connectivity index (χ1) is 13.4. The van der Waals surface area contributed by atoms with Crippen LogP contribution in [0.1, 0.15) is 29.8 Å². The molecular weight excluding hydrogens is 403 g/mol. The van der Waals surface area contributed by atoms with E-state index in [9.17, 15) is 9.36 Å². The molecule has 0 N–H and O–H groups in total. The lowest BCUT2D eigenvalue weighted by atomic mass is 10.2. The smallest absolute Gasteiger partial charge is 0.375 e. The number of aryl methyl sites for hydroxylation is 1. The van der Waals surface area contributed by atoms with E-state index in [1.165, 1.54) is 14.2 Å². The Morgan fingerprint density at radius 3 is 2.39 bits per heavy atom. The number of rotatable bonds is 10. The average molecular weight is 427 g/mol. The van der Waals surface area contributed by atoms with Crippen LogP contribution in [0.2, 0.25) is 5.02 Å². The predicted molar refractivity (Wildman–Crippen MR) is 108 cm³/mol. The number of hydrogen-bond acceptors (Lipinski definition) is 6. The van der Waals surface area contributed by atoms with Crippen molar-refractivity contribution in [1.29, 1.82) is 0 Å². The molecule has 8 heteroatoms. The summed E-state index contributed by atoms with van der Waals surface area (Å²) in [6.07, 6.45) is 0.538. The third-order valence-corrected chi connectivity index (χ3v) is 6.27. The summed E-state index contributed by atoms with van der Waals surface area (Å²) in [7, 11) is -1.13. The van der Waals surface area contributed by atoms with Crippen LogP contribution < -0.4 is 4.74 Å². The fourth-order valence-corrected chi connectivity index (χ4v) is 4.10. The number of benzene rings is 2. The van der Waals surface area contributed by atoms with Gasteiger partial charge in [-0.3, -0.25) is 9.36 Å². The normalized spacial score (nSPS) is 12.4. The van der Waals surface area contributed by atoms with E-state index >= 15 is 0 Å². The summed E-state index contributed by atoms with van der Waals surface area (Å²) in [6, 6.07) is 14.1. The summed E-state index contributed by atoms with van der Waals surface area (Å²) < 4.78 is 34.0. The van der Waals surface area contributed by atoms with E-state index < -0.39 is 19.4 Å². The zero-order valence-electron chi connectivity index (χ0n) is 16.1.